The Morgan fingerprint density at radius 1 is 1.53 bits per heavy atom. The highest BCUT2D eigenvalue weighted by atomic mass is 16.5. The van der Waals surface area contributed by atoms with Crippen molar-refractivity contribution in [2.24, 2.45) is 0 Å². The molecule has 15 heavy (non-hydrogen) atoms. The molecule has 0 amide bonds. The number of aromatic nitrogens is 1. The fourth-order valence-electron chi connectivity index (χ4n) is 1.83. The normalized spacial score (nSPS) is 18.5. The number of nitrogen functional groups attached to an aromatic ring is 1. The SMILES string of the molecule is COC(C)c1c(N)cncc1C1COC1. The van der Waals surface area contributed by atoms with Crippen LogP contribution in [0.4, 0.5) is 5.69 Å². The number of hydrogen-bond donors (Lipinski definition) is 1. The molecule has 82 valence electrons. The van der Waals surface area contributed by atoms with E-state index in [0.29, 0.717) is 11.6 Å². The van der Waals surface area contributed by atoms with E-state index in [0.717, 1.165) is 24.3 Å². The first-order valence-electron chi connectivity index (χ1n) is 5.07. The van der Waals surface area contributed by atoms with Crippen LogP contribution in [-0.2, 0) is 9.47 Å². The highest BCUT2D eigenvalue weighted by molar-refractivity contribution is 5.51. The third-order valence-corrected chi connectivity index (χ3v) is 2.89. The molecule has 1 aromatic rings. The standard InChI is InChI=1S/C11H16N2O2/c1-7(14-2)11-9(8-5-15-6-8)3-13-4-10(11)12/h3-4,7-8H,5-6,12H2,1-2H3. The smallest absolute Gasteiger partial charge is 0.0816 e. The van der Waals surface area contributed by atoms with Crippen LogP contribution in [0.15, 0.2) is 12.4 Å². The summed E-state index contributed by atoms with van der Waals surface area (Å²) in [5.74, 6) is 0.425. The minimum Gasteiger partial charge on any atom is -0.397 e. The minimum absolute atomic E-state index is 0.00333. The predicted octanol–water partition coefficient (Wildman–Crippen LogP) is 1.49. The van der Waals surface area contributed by atoms with Crippen LogP contribution in [0.3, 0.4) is 0 Å². The second-order valence-corrected chi connectivity index (χ2v) is 3.84. The average Bonchev–Trinajstić information content (AvgIpc) is 2.14. The van der Waals surface area contributed by atoms with E-state index in [2.05, 4.69) is 4.98 Å². The molecule has 0 radical (unpaired) electrons. The molecule has 1 atom stereocenters. The predicted molar refractivity (Wildman–Crippen MR) is 57.6 cm³/mol. The summed E-state index contributed by atoms with van der Waals surface area (Å²) in [6.45, 7) is 3.51. The molecule has 2 heterocycles. The van der Waals surface area contributed by atoms with Gasteiger partial charge in [0.15, 0.2) is 0 Å². The summed E-state index contributed by atoms with van der Waals surface area (Å²) in [5, 5.41) is 0. The molecule has 1 aromatic heterocycles. The maximum Gasteiger partial charge on any atom is 0.0816 e. The van der Waals surface area contributed by atoms with Gasteiger partial charge >= 0.3 is 0 Å². The van der Waals surface area contributed by atoms with Crippen LogP contribution in [0.5, 0.6) is 0 Å². The van der Waals surface area contributed by atoms with Crippen molar-refractivity contribution in [2.45, 2.75) is 18.9 Å². The Morgan fingerprint density at radius 2 is 2.27 bits per heavy atom. The van der Waals surface area contributed by atoms with Gasteiger partial charge in [-0.05, 0) is 12.5 Å². The van der Waals surface area contributed by atoms with E-state index >= 15 is 0 Å². The Balaban J connectivity index is 2.38. The van der Waals surface area contributed by atoms with E-state index in [-0.39, 0.29) is 6.10 Å². The van der Waals surface area contributed by atoms with Gasteiger partial charge in [-0.3, -0.25) is 4.98 Å². The van der Waals surface area contributed by atoms with Gasteiger partial charge < -0.3 is 15.2 Å². The van der Waals surface area contributed by atoms with Crippen LogP contribution in [0.2, 0.25) is 0 Å². The molecular weight excluding hydrogens is 192 g/mol. The first kappa shape index (κ1) is 10.4. The van der Waals surface area contributed by atoms with E-state index < -0.39 is 0 Å². The summed E-state index contributed by atoms with van der Waals surface area (Å²) < 4.78 is 10.5. The quantitative estimate of drug-likeness (QED) is 0.817. The monoisotopic (exact) mass is 208 g/mol. The zero-order valence-electron chi connectivity index (χ0n) is 9.06. The van der Waals surface area contributed by atoms with E-state index in [1.165, 1.54) is 0 Å². The van der Waals surface area contributed by atoms with Crippen molar-refractivity contribution in [1.29, 1.82) is 0 Å². The van der Waals surface area contributed by atoms with Gasteiger partial charge in [-0.1, -0.05) is 0 Å². The molecule has 0 spiro atoms. The number of ether oxygens (including phenoxy) is 2. The zero-order chi connectivity index (χ0) is 10.8. The lowest BCUT2D eigenvalue weighted by atomic mass is 9.91. The lowest BCUT2D eigenvalue weighted by molar-refractivity contribution is 0.00668. The summed E-state index contributed by atoms with van der Waals surface area (Å²) in [4.78, 5) is 4.13. The van der Waals surface area contributed by atoms with Crippen LogP contribution < -0.4 is 5.73 Å². The summed E-state index contributed by atoms with van der Waals surface area (Å²) in [7, 11) is 1.69. The fourth-order valence-corrected chi connectivity index (χ4v) is 1.83. The number of rotatable bonds is 3. The first-order chi connectivity index (χ1) is 7.24. The van der Waals surface area contributed by atoms with Gasteiger partial charge in [-0.2, -0.15) is 0 Å². The molecule has 2 N–H and O–H groups in total. The fraction of sp³-hybridized carbons (Fsp3) is 0.545. The summed E-state index contributed by atoms with van der Waals surface area (Å²) in [5.41, 5.74) is 8.85. The van der Waals surface area contributed by atoms with Gasteiger partial charge in [0.1, 0.15) is 0 Å². The molecular formula is C11H16N2O2. The topological polar surface area (TPSA) is 57.4 Å². The molecule has 1 fully saturated rings. The molecule has 1 unspecified atom stereocenters. The third-order valence-electron chi connectivity index (χ3n) is 2.89. The summed E-state index contributed by atoms with van der Waals surface area (Å²) in [6.07, 6.45) is 3.55. The molecule has 1 saturated heterocycles. The molecule has 2 rings (SSSR count). The van der Waals surface area contributed by atoms with Crippen molar-refractivity contribution in [3.8, 4) is 0 Å². The van der Waals surface area contributed by atoms with E-state index in [4.69, 9.17) is 15.2 Å². The molecule has 1 aliphatic rings. The number of anilines is 1. The largest absolute Gasteiger partial charge is 0.397 e. The second-order valence-electron chi connectivity index (χ2n) is 3.84. The molecule has 4 nitrogen and oxygen atoms in total. The van der Waals surface area contributed by atoms with Gasteiger partial charge in [-0.25, -0.2) is 0 Å². The molecule has 0 aromatic carbocycles. The molecule has 1 aliphatic heterocycles. The average molecular weight is 208 g/mol. The first-order valence-corrected chi connectivity index (χ1v) is 5.07. The Labute approximate surface area is 89.4 Å². The third kappa shape index (κ3) is 1.82. The molecule has 0 aliphatic carbocycles. The zero-order valence-corrected chi connectivity index (χ0v) is 9.06. The van der Waals surface area contributed by atoms with Crippen molar-refractivity contribution < 1.29 is 9.47 Å². The molecule has 0 bridgehead atoms. The van der Waals surface area contributed by atoms with Gasteiger partial charge in [0, 0.05) is 24.8 Å². The molecule has 0 saturated carbocycles. The van der Waals surface area contributed by atoms with Crippen LogP contribution >= 0.6 is 0 Å². The molecule has 4 heteroatoms. The van der Waals surface area contributed by atoms with E-state index in [1.54, 1.807) is 13.3 Å². The van der Waals surface area contributed by atoms with Crippen LogP contribution in [0.25, 0.3) is 0 Å². The summed E-state index contributed by atoms with van der Waals surface area (Å²) >= 11 is 0. The maximum absolute atomic E-state index is 5.93. The van der Waals surface area contributed by atoms with Crippen LogP contribution in [0, 0.1) is 0 Å². The van der Waals surface area contributed by atoms with Crippen molar-refractivity contribution in [3.05, 3.63) is 23.5 Å². The number of pyridine rings is 1. The van der Waals surface area contributed by atoms with Gasteiger partial charge in [-0.15, -0.1) is 0 Å². The van der Waals surface area contributed by atoms with Gasteiger partial charge in [0.05, 0.1) is 31.2 Å². The summed E-state index contributed by atoms with van der Waals surface area (Å²) in [6, 6.07) is 0. The van der Waals surface area contributed by atoms with Crippen LogP contribution in [-0.4, -0.2) is 25.3 Å². The van der Waals surface area contributed by atoms with Gasteiger partial charge in [0.2, 0.25) is 0 Å². The number of methoxy groups -OCH3 is 1. The van der Waals surface area contributed by atoms with E-state index in [9.17, 15) is 0 Å². The Bertz CT molecular complexity index is 350. The van der Waals surface area contributed by atoms with Crippen molar-refractivity contribution >= 4 is 5.69 Å². The highest BCUT2D eigenvalue weighted by Crippen LogP contribution is 2.33. The number of hydrogen-bond acceptors (Lipinski definition) is 4. The Morgan fingerprint density at radius 3 is 2.80 bits per heavy atom. The van der Waals surface area contributed by atoms with Gasteiger partial charge in [0.25, 0.3) is 0 Å². The minimum atomic E-state index is 0.00333. The van der Waals surface area contributed by atoms with Crippen molar-refractivity contribution in [3.63, 3.8) is 0 Å². The Kier molecular flexibility index (Phi) is 2.88. The number of nitrogens with two attached hydrogens (primary N) is 1. The van der Waals surface area contributed by atoms with Crippen LogP contribution in [0.1, 0.15) is 30.1 Å². The maximum atomic E-state index is 5.93. The van der Waals surface area contributed by atoms with E-state index in [1.807, 2.05) is 13.1 Å². The van der Waals surface area contributed by atoms with Crippen molar-refractivity contribution in [2.75, 3.05) is 26.1 Å². The lowest BCUT2D eigenvalue weighted by Crippen LogP contribution is -2.27. The second kappa shape index (κ2) is 4.16. The lowest BCUT2D eigenvalue weighted by Gasteiger charge is -2.29. The highest BCUT2D eigenvalue weighted by Gasteiger charge is 2.26. The Hall–Kier alpha value is -1.13. The number of nitrogens with zero attached hydrogens (tertiary/aromatic N) is 1. The van der Waals surface area contributed by atoms with Crippen molar-refractivity contribution in [1.82, 2.24) is 4.98 Å².